The average Bonchev–Trinajstić information content (AvgIpc) is 2.53. The second-order valence-corrected chi connectivity index (χ2v) is 6.67. The van der Waals surface area contributed by atoms with Gasteiger partial charge in [-0.3, -0.25) is 4.90 Å². The molecule has 4 heteroatoms. The molecule has 1 aliphatic heterocycles. The standard InChI is InChI=1S/C19H25NO3/c1-5-6-7-14-9-17(21)23-19-13(4)18-15(8-16(14)19)10-20(11-22-18)12(2)3/h8-9,12H,5-7,10-11H2,1-4H3. The molecule has 0 aliphatic carbocycles. The third-order valence-corrected chi connectivity index (χ3v) is 4.65. The van der Waals surface area contributed by atoms with Gasteiger partial charge in [-0.1, -0.05) is 13.3 Å². The molecule has 0 N–H and O–H groups in total. The highest BCUT2D eigenvalue weighted by Crippen LogP contribution is 2.36. The average molecular weight is 315 g/mol. The van der Waals surface area contributed by atoms with E-state index in [2.05, 4.69) is 31.7 Å². The fourth-order valence-corrected chi connectivity index (χ4v) is 3.21. The van der Waals surface area contributed by atoms with Crippen molar-refractivity contribution in [1.82, 2.24) is 4.90 Å². The first-order valence-corrected chi connectivity index (χ1v) is 8.47. The van der Waals surface area contributed by atoms with E-state index in [-0.39, 0.29) is 5.63 Å². The molecular formula is C19H25NO3. The number of nitrogens with zero attached hydrogens (tertiary/aromatic N) is 1. The summed E-state index contributed by atoms with van der Waals surface area (Å²) in [6.07, 6.45) is 3.09. The Morgan fingerprint density at radius 2 is 2.09 bits per heavy atom. The van der Waals surface area contributed by atoms with Crippen LogP contribution in [0.1, 0.15) is 50.3 Å². The van der Waals surface area contributed by atoms with Crippen molar-refractivity contribution < 1.29 is 9.15 Å². The van der Waals surface area contributed by atoms with E-state index in [1.54, 1.807) is 6.07 Å². The van der Waals surface area contributed by atoms with Gasteiger partial charge in [-0.15, -0.1) is 0 Å². The van der Waals surface area contributed by atoms with Crippen molar-refractivity contribution in [1.29, 1.82) is 0 Å². The number of rotatable bonds is 4. The zero-order valence-corrected chi connectivity index (χ0v) is 14.4. The Kier molecular flexibility index (Phi) is 4.44. The minimum atomic E-state index is -0.272. The molecule has 0 radical (unpaired) electrons. The van der Waals surface area contributed by atoms with E-state index >= 15 is 0 Å². The number of fused-ring (bicyclic) bond motifs is 2. The molecule has 3 rings (SSSR count). The van der Waals surface area contributed by atoms with Crippen LogP contribution < -0.4 is 10.4 Å². The van der Waals surface area contributed by atoms with Gasteiger partial charge in [0.25, 0.3) is 0 Å². The van der Waals surface area contributed by atoms with E-state index < -0.39 is 0 Å². The topological polar surface area (TPSA) is 42.7 Å². The smallest absolute Gasteiger partial charge is 0.336 e. The molecule has 2 aromatic rings. The van der Waals surface area contributed by atoms with Crippen molar-refractivity contribution in [2.24, 2.45) is 0 Å². The van der Waals surface area contributed by atoms with Crippen LogP contribution in [-0.2, 0) is 13.0 Å². The Balaban J connectivity index is 2.15. The van der Waals surface area contributed by atoms with Crippen LogP contribution in [0.15, 0.2) is 21.3 Å². The van der Waals surface area contributed by atoms with Crippen LogP contribution in [0.3, 0.4) is 0 Å². The predicted octanol–water partition coefficient (Wildman–Crippen LogP) is 4.00. The second kappa shape index (κ2) is 6.36. The first-order chi connectivity index (χ1) is 11.0. The van der Waals surface area contributed by atoms with E-state index in [9.17, 15) is 4.79 Å². The molecule has 0 saturated carbocycles. The van der Waals surface area contributed by atoms with Crippen LogP contribution in [0.4, 0.5) is 0 Å². The molecular weight excluding hydrogens is 290 g/mol. The zero-order chi connectivity index (χ0) is 16.6. The zero-order valence-electron chi connectivity index (χ0n) is 14.4. The summed E-state index contributed by atoms with van der Waals surface area (Å²) < 4.78 is 11.5. The fourth-order valence-electron chi connectivity index (χ4n) is 3.21. The van der Waals surface area contributed by atoms with Crippen LogP contribution >= 0.6 is 0 Å². The highest BCUT2D eigenvalue weighted by molar-refractivity contribution is 5.86. The molecule has 23 heavy (non-hydrogen) atoms. The minimum absolute atomic E-state index is 0.272. The van der Waals surface area contributed by atoms with Gasteiger partial charge >= 0.3 is 5.63 Å². The predicted molar refractivity (Wildman–Crippen MR) is 92.0 cm³/mol. The van der Waals surface area contributed by atoms with E-state index in [1.165, 1.54) is 5.56 Å². The molecule has 1 aromatic carbocycles. The number of ether oxygens (including phenoxy) is 1. The summed E-state index contributed by atoms with van der Waals surface area (Å²) in [4.78, 5) is 14.2. The Hall–Kier alpha value is -1.81. The second-order valence-electron chi connectivity index (χ2n) is 6.67. The lowest BCUT2D eigenvalue weighted by atomic mass is 9.98. The highest BCUT2D eigenvalue weighted by Gasteiger charge is 2.24. The van der Waals surface area contributed by atoms with Crippen LogP contribution in [0.25, 0.3) is 11.0 Å². The van der Waals surface area contributed by atoms with E-state index in [0.717, 1.165) is 48.1 Å². The third kappa shape index (κ3) is 3.00. The number of aryl methyl sites for hydroxylation is 2. The van der Waals surface area contributed by atoms with Gasteiger partial charge in [0.1, 0.15) is 18.1 Å². The van der Waals surface area contributed by atoms with Crippen molar-refractivity contribution in [3.63, 3.8) is 0 Å². The monoisotopic (exact) mass is 315 g/mol. The van der Waals surface area contributed by atoms with Gasteiger partial charge in [-0.05, 0) is 45.2 Å². The SMILES string of the molecule is CCCCc1cc(=O)oc2c(C)c3c(cc12)CN(C(C)C)CO3. The van der Waals surface area contributed by atoms with Gasteiger partial charge in [0, 0.05) is 35.2 Å². The molecule has 1 aliphatic rings. The van der Waals surface area contributed by atoms with E-state index in [4.69, 9.17) is 9.15 Å². The quantitative estimate of drug-likeness (QED) is 0.800. The van der Waals surface area contributed by atoms with Gasteiger partial charge in [-0.2, -0.15) is 0 Å². The van der Waals surface area contributed by atoms with E-state index in [0.29, 0.717) is 18.4 Å². The van der Waals surface area contributed by atoms with Gasteiger partial charge in [0.15, 0.2) is 0 Å². The molecule has 0 spiro atoms. The van der Waals surface area contributed by atoms with Gasteiger partial charge < -0.3 is 9.15 Å². The van der Waals surface area contributed by atoms with Gasteiger partial charge in [0.2, 0.25) is 0 Å². The van der Waals surface area contributed by atoms with Gasteiger partial charge in [0.05, 0.1) is 0 Å². The molecule has 4 nitrogen and oxygen atoms in total. The number of hydrogen-bond donors (Lipinski definition) is 0. The summed E-state index contributed by atoms with van der Waals surface area (Å²) in [5, 5.41) is 1.06. The molecule has 2 heterocycles. The van der Waals surface area contributed by atoms with Crippen molar-refractivity contribution in [3.8, 4) is 5.75 Å². The Morgan fingerprint density at radius 3 is 2.78 bits per heavy atom. The summed E-state index contributed by atoms with van der Waals surface area (Å²) in [7, 11) is 0. The molecule has 0 unspecified atom stereocenters. The van der Waals surface area contributed by atoms with Crippen LogP contribution in [0.5, 0.6) is 5.75 Å². The molecule has 1 aromatic heterocycles. The number of hydrogen-bond acceptors (Lipinski definition) is 4. The van der Waals surface area contributed by atoms with Crippen LogP contribution in [-0.4, -0.2) is 17.7 Å². The maximum Gasteiger partial charge on any atom is 0.336 e. The summed E-state index contributed by atoms with van der Waals surface area (Å²) in [5.74, 6) is 0.880. The molecule has 0 saturated heterocycles. The summed E-state index contributed by atoms with van der Waals surface area (Å²) >= 11 is 0. The lowest BCUT2D eigenvalue weighted by Crippen LogP contribution is -2.37. The van der Waals surface area contributed by atoms with Crippen LogP contribution in [0, 0.1) is 6.92 Å². The Bertz CT molecular complexity index is 776. The van der Waals surface area contributed by atoms with Crippen molar-refractivity contribution in [3.05, 3.63) is 39.2 Å². The molecule has 124 valence electrons. The Labute approximate surface area is 137 Å². The fraction of sp³-hybridized carbons (Fsp3) is 0.526. The lowest BCUT2D eigenvalue weighted by molar-refractivity contribution is 0.0681. The first-order valence-electron chi connectivity index (χ1n) is 8.47. The first kappa shape index (κ1) is 16.1. The maximum absolute atomic E-state index is 11.9. The van der Waals surface area contributed by atoms with Crippen molar-refractivity contribution in [2.75, 3.05) is 6.73 Å². The minimum Gasteiger partial charge on any atom is -0.477 e. The Morgan fingerprint density at radius 1 is 1.30 bits per heavy atom. The molecule has 0 atom stereocenters. The summed E-state index contributed by atoms with van der Waals surface area (Å²) in [6, 6.07) is 4.24. The molecule has 0 amide bonds. The largest absolute Gasteiger partial charge is 0.477 e. The maximum atomic E-state index is 11.9. The van der Waals surface area contributed by atoms with Crippen molar-refractivity contribution in [2.45, 2.75) is 59.5 Å². The van der Waals surface area contributed by atoms with Crippen LogP contribution in [0.2, 0.25) is 0 Å². The molecule has 0 fully saturated rings. The normalized spacial score (nSPS) is 15.0. The summed E-state index contributed by atoms with van der Waals surface area (Å²) in [6.45, 7) is 9.95. The molecule has 0 bridgehead atoms. The van der Waals surface area contributed by atoms with Gasteiger partial charge in [-0.25, -0.2) is 4.79 Å². The highest BCUT2D eigenvalue weighted by atomic mass is 16.5. The number of unbranched alkanes of at least 4 members (excludes halogenated alkanes) is 1. The van der Waals surface area contributed by atoms with E-state index in [1.807, 2.05) is 6.92 Å². The van der Waals surface area contributed by atoms with Crippen molar-refractivity contribution >= 4 is 11.0 Å². The third-order valence-electron chi connectivity index (χ3n) is 4.65. The summed E-state index contributed by atoms with van der Waals surface area (Å²) in [5.41, 5.74) is 3.62. The number of benzene rings is 1. The lowest BCUT2D eigenvalue weighted by Gasteiger charge is -2.33.